The molecule has 0 saturated carbocycles. The second-order valence-corrected chi connectivity index (χ2v) is 7.64. The molecule has 0 aliphatic carbocycles. The lowest BCUT2D eigenvalue weighted by Gasteiger charge is -2.35. The number of nitrogens with two attached hydrogens (primary N) is 1. The Labute approximate surface area is 171 Å². The van der Waals surface area contributed by atoms with Crippen molar-refractivity contribution in [1.82, 2.24) is 15.0 Å². The number of aryl methyl sites for hydroxylation is 1. The summed E-state index contributed by atoms with van der Waals surface area (Å²) in [5.74, 6) is 0.725. The number of morpholine rings is 1. The van der Waals surface area contributed by atoms with Gasteiger partial charge in [0, 0.05) is 48.8 Å². The fourth-order valence-electron chi connectivity index (χ4n) is 3.93. The van der Waals surface area contributed by atoms with E-state index >= 15 is 0 Å². The second kappa shape index (κ2) is 8.27. The molecule has 0 spiro atoms. The van der Waals surface area contributed by atoms with Crippen LogP contribution in [0.1, 0.15) is 25.1 Å². The molecule has 0 bridgehead atoms. The van der Waals surface area contributed by atoms with Crippen molar-refractivity contribution in [1.29, 1.82) is 0 Å². The predicted octanol–water partition coefficient (Wildman–Crippen LogP) is 3.59. The number of nitrogens with zero attached hydrogens (tertiary/aromatic N) is 4. The van der Waals surface area contributed by atoms with E-state index in [9.17, 15) is 0 Å². The van der Waals surface area contributed by atoms with Gasteiger partial charge in [-0.15, -0.1) is 0 Å². The van der Waals surface area contributed by atoms with E-state index in [2.05, 4.69) is 41.9 Å². The maximum atomic E-state index is 6.04. The van der Waals surface area contributed by atoms with Crippen molar-refractivity contribution in [3.8, 4) is 22.4 Å². The number of rotatable bonds is 4. The van der Waals surface area contributed by atoms with Crippen LogP contribution in [0.5, 0.6) is 0 Å². The number of ether oxygens (including phenoxy) is 1. The van der Waals surface area contributed by atoms with Crippen molar-refractivity contribution in [3.05, 3.63) is 60.0 Å². The lowest BCUT2D eigenvalue weighted by molar-refractivity contribution is -0.00571. The van der Waals surface area contributed by atoms with Crippen LogP contribution in [-0.2, 0) is 11.3 Å². The number of anilines is 1. The van der Waals surface area contributed by atoms with Crippen LogP contribution in [0.4, 0.5) is 5.95 Å². The van der Waals surface area contributed by atoms with Gasteiger partial charge in [-0.05, 0) is 44.0 Å². The zero-order valence-electron chi connectivity index (χ0n) is 17.2. The van der Waals surface area contributed by atoms with E-state index in [1.807, 2.05) is 37.5 Å². The van der Waals surface area contributed by atoms with E-state index in [1.165, 1.54) is 0 Å². The van der Waals surface area contributed by atoms with Gasteiger partial charge < -0.3 is 15.4 Å². The first-order valence-corrected chi connectivity index (χ1v) is 10.0. The van der Waals surface area contributed by atoms with Gasteiger partial charge in [-0.1, -0.05) is 24.3 Å². The Morgan fingerprint density at radius 2 is 1.83 bits per heavy atom. The molecule has 6 nitrogen and oxygen atoms in total. The molecule has 2 atom stereocenters. The molecule has 0 radical (unpaired) electrons. The molecule has 3 heterocycles. The van der Waals surface area contributed by atoms with Crippen LogP contribution in [0, 0.1) is 6.92 Å². The highest BCUT2D eigenvalue weighted by Gasteiger charge is 2.25. The third-order valence-corrected chi connectivity index (χ3v) is 5.18. The van der Waals surface area contributed by atoms with Crippen molar-refractivity contribution in [2.24, 2.45) is 5.73 Å². The highest BCUT2D eigenvalue weighted by molar-refractivity contribution is 5.82. The number of aromatic nitrogens is 3. The maximum Gasteiger partial charge on any atom is 0.226 e. The zero-order chi connectivity index (χ0) is 20.4. The van der Waals surface area contributed by atoms with E-state index in [4.69, 9.17) is 20.4 Å². The van der Waals surface area contributed by atoms with Gasteiger partial charge >= 0.3 is 0 Å². The van der Waals surface area contributed by atoms with Gasteiger partial charge in [-0.25, -0.2) is 9.97 Å². The van der Waals surface area contributed by atoms with E-state index in [0.29, 0.717) is 6.54 Å². The van der Waals surface area contributed by atoms with Crippen molar-refractivity contribution in [3.63, 3.8) is 0 Å². The van der Waals surface area contributed by atoms with Crippen molar-refractivity contribution >= 4 is 5.95 Å². The molecule has 1 saturated heterocycles. The zero-order valence-corrected chi connectivity index (χ0v) is 17.2. The van der Waals surface area contributed by atoms with E-state index in [0.717, 1.165) is 52.7 Å². The Bertz CT molecular complexity index is 996. The first-order valence-electron chi connectivity index (χ1n) is 10.0. The average molecular weight is 390 g/mol. The molecule has 2 unspecified atom stereocenters. The Morgan fingerprint density at radius 3 is 2.55 bits per heavy atom. The van der Waals surface area contributed by atoms with Crippen molar-refractivity contribution in [2.75, 3.05) is 18.0 Å². The highest BCUT2D eigenvalue weighted by Crippen LogP contribution is 2.33. The number of hydrogen-bond donors (Lipinski definition) is 1. The summed E-state index contributed by atoms with van der Waals surface area (Å²) in [5, 5.41) is 0. The average Bonchev–Trinajstić information content (AvgIpc) is 2.72. The van der Waals surface area contributed by atoms with Gasteiger partial charge in [0.15, 0.2) is 0 Å². The first-order chi connectivity index (χ1) is 14.0. The molecule has 6 heteroatoms. The molecular formula is C23H27N5O. The monoisotopic (exact) mass is 389 g/mol. The van der Waals surface area contributed by atoms with Gasteiger partial charge in [0.25, 0.3) is 0 Å². The van der Waals surface area contributed by atoms with E-state index in [1.54, 1.807) is 0 Å². The summed E-state index contributed by atoms with van der Waals surface area (Å²) in [5.41, 5.74) is 12.0. The minimum atomic E-state index is 0.143. The van der Waals surface area contributed by atoms with Gasteiger partial charge in [-0.3, -0.25) is 4.98 Å². The molecular weight excluding hydrogens is 362 g/mol. The summed E-state index contributed by atoms with van der Waals surface area (Å²) < 4.78 is 5.87. The van der Waals surface area contributed by atoms with Gasteiger partial charge in [-0.2, -0.15) is 0 Å². The fraction of sp³-hybridized carbons (Fsp3) is 0.348. The Balaban J connectivity index is 1.86. The van der Waals surface area contributed by atoms with E-state index < -0.39 is 0 Å². The Hall–Kier alpha value is -2.83. The Morgan fingerprint density at radius 1 is 1.07 bits per heavy atom. The number of hydrogen-bond acceptors (Lipinski definition) is 6. The molecule has 3 aromatic rings. The molecule has 29 heavy (non-hydrogen) atoms. The summed E-state index contributed by atoms with van der Waals surface area (Å²) in [6.45, 7) is 8.16. The first kappa shape index (κ1) is 19.5. The topological polar surface area (TPSA) is 77.2 Å². The molecule has 1 aromatic carbocycles. The summed E-state index contributed by atoms with van der Waals surface area (Å²) in [6.07, 6.45) is 4.03. The summed E-state index contributed by atoms with van der Waals surface area (Å²) in [6, 6.07) is 12.2. The van der Waals surface area contributed by atoms with E-state index in [-0.39, 0.29) is 12.2 Å². The Kier molecular flexibility index (Phi) is 5.56. The third kappa shape index (κ3) is 4.13. The molecule has 2 aromatic heterocycles. The van der Waals surface area contributed by atoms with Crippen LogP contribution < -0.4 is 10.6 Å². The summed E-state index contributed by atoms with van der Waals surface area (Å²) in [7, 11) is 0. The predicted molar refractivity (Wildman–Crippen MR) is 116 cm³/mol. The van der Waals surface area contributed by atoms with Crippen LogP contribution in [0.2, 0.25) is 0 Å². The molecule has 1 fully saturated rings. The summed E-state index contributed by atoms with van der Waals surface area (Å²) in [4.78, 5) is 16.3. The molecule has 4 rings (SSSR count). The van der Waals surface area contributed by atoms with Crippen LogP contribution in [0.15, 0.2) is 48.8 Å². The molecule has 1 aliphatic rings. The van der Waals surface area contributed by atoms with Crippen LogP contribution in [0.3, 0.4) is 0 Å². The minimum Gasteiger partial charge on any atom is -0.372 e. The van der Waals surface area contributed by atoms with Crippen molar-refractivity contribution < 1.29 is 4.74 Å². The highest BCUT2D eigenvalue weighted by atomic mass is 16.5. The van der Waals surface area contributed by atoms with Crippen LogP contribution >= 0.6 is 0 Å². The van der Waals surface area contributed by atoms with Crippen LogP contribution in [0.25, 0.3) is 22.4 Å². The second-order valence-electron chi connectivity index (χ2n) is 7.64. The van der Waals surface area contributed by atoms with Crippen LogP contribution in [-0.4, -0.2) is 40.2 Å². The van der Waals surface area contributed by atoms with Crippen molar-refractivity contribution in [2.45, 2.75) is 39.5 Å². The SMILES string of the molecule is Cc1cc(-c2cnc(N3CC(C)OC(C)C3)nc2-c2ccccc2CN)ccn1. The van der Waals surface area contributed by atoms with Gasteiger partial charge in [0.2, 0.25) is 5.95 Å². The third-order valence-electron chi connectivity index (χ3n) is 5.18. The molecule has 2 N–H and O–H groups in total. The molecule has 0 amide bonds. The smallest absolute Gasteiger partial charge is 0.226 e. The number of benzene rings is 1. The summed E-state index contributed by atoms with van der Waals surface area (Å²) >= 11 is 0. The molecule has 150 valence electrons. The normalized spacial score (nSPS) is 19.4. The van der Waals surface area contributed by atoms with Gasteiger partial charge in [0.05, 0.1) is 17.9 Å². The van der Waals surface area contributed by atoms with Gasteiger partial charge in [0.1, 0.15) is 0 Å². The number of pyridine rings is 1. The lowest BCUT2D eigenvalue weighted by Crippen LogP contribution is -2.46. The molecule has 1 aliphatic heterocycles. The maximum absolute atomic E-state index is 6.04. The fourth-order valence-corrected chi connectivity index (χ4v) is 3.93. The largest absolute Gasteiger partial charge is 0.372 e. The minimum absolute atomic E-state index is 0.143. The lowest BCUT2D eigenvalue weighted by atomic mass is 9.97. The standard InChI is InChI=1S/C23H27N5O/c1-15-10-18(8-9-25-15)21-12-26-23(28-13-16(2)29-17(3)14-28)27-22(21)20-7-5-4-6-19(20)11-24/h4-10,12,16-17H,11,13-14,24H2,1-3H3. The quantitative estimate of drug-likeness (QED) is 0.735.